The van der Waals surface area contributed by atoms with Crippen molar-refractivity contribution in [3.8, 4) is 11.1 Å². The Morgan fingerprint density at radius 1 is 0.958 bits per heavy atom. The molecule has 0 atom stereocenters. The lowest BCUT2D eigenvalue weighted by Gasteiger charge is -2.23. The van der Waals surface area contributed by atoms with Crippen molar-refractivity contribution in [2.75, 3.05) is 5.32 Å². The third kappa shape index (κ3) is 2.81. The molecule has 3 nitrogen and oxygen atoms in total. The van der Waals surface area contributed by atoms with Crippen molar-refractivity contribution < 1.29 is 4.79 Å². The topological polar surface area (TPSA) is 42.0 Å². The molecule has 4 rings (SSSR count). The standard InChI is InChI=1S/C21H18N2O/c24-19-11-10-16-8-9-17(13-15-5-2-1-3-6-15)20(21(16)23-19)18-7-4-12-22-14-18/h1-9,12,14H,10-11,13H2,(H,23,24). The largest absolute Gasteiger partial charge is 0.325 e. The lowest BCUT2D eigenvalue weighted by atomic mass is 9.89. The van der Waals surface area contributed by atoms with Crippen LogP contribution < -0.4 is 5.32 Å². The van der Waals surface area contributed by atoms with Gasteiger partial charge in [-0.05, 0) is 35.6 Å². The first-order chi connectivity index (χ1) is 11.8. The summed E-state index contributed by atoms with van der Waals surface area (Å²) in [6.07, 6.45) is 5.81. The average molecular weight is 314 g/mol. The number of anilines is 1. The molecular weight excluding hydrogens is 296 g/mol. The Labute approximate surface area is 141 Å². The molecule has 3 heteroatoms. The van der Waals surface area contributed by atoms with Crippen molar-refractivity contribution in [1.82, 2.24) is 4.98 Å². The number of rotatable bonds is 3. The molecule has 0 spiro atoms. The van der Waals surface area contributed by atoms with Crippen LogP contribution in [-0.4, -0.2) is 10.9 Å². The number of aryl methyl sites for hydroxylation is 1. The van der Waals surface area contributed by atoms with Gasteiger partial charge >= 0.3 is 0 Å². The fraction of sp³-hybridized carbons (Fsp3) is 0.143. The monoisotopic (exact) mass is 314 g/mol. The van der Waals surface area contributed by atoms with Gasteiger partial charge in [-0.3, -0.25) is 9.78 Å². The Bertz CT molecular complexity index is 873. The van der Waals surface area contributed by atoms with Crippen LogP contribution in [0.2, 0.25) is 0 Å². The van der Waals surface area contributed by atoms with Crippen molar-refractivity contribution >= 4 is 11.6 Å². The third-order valence-electron chi connectivity index (χ3n) is 4.45. The molecule has 118 valence electrons. The Morgan fingerprint density at radius 3 is 2.62 bits per heavy atom. The number of amides is 1. The van der Waals surface area contributed by atoms with Gasteiger partial charge in [-0.1, -0.05) is 48.5 Å². The van der Waals surface area contributed by atoms with Crippen molar-refractivity contribution in [1.29, 1.82) is 0 Å². The van der Waals surface area contributed by atoms with Gasteiger partial charge in [-0.2, -0.15) is 0 Å². The fourth-order valence-corrected chi connectivity index (χ4v) is 3.29. The van der Waals surface area contributed by atoms with Gasteiger partial charge in [0.1, 0.15) is 0 Å². The van der Waals surface area contributed by atoms with E-state index in [1.807, 2.05) is 18.3 Å². The highest BCUT2D eigenvalue weighted by atomic mass is 16.1. The average Bonchev–Trinajstić information content (AvgIpc) is 2.63. The first-order valence-electron chi connectivity index (χ1n) is 8.20. The molecule has 0 radical (unpaired) electrons. The maximum absolute atomic E-state index is 12.0. The minimum atomic E-state index is 0.0875. The van der Waals surface area contributed by atoms with Gasteiger partial charge in [-0.25, -0.2) is 0 Å². The number of benzene rings is 2. The maximum Gasteiger partial charge on any atom is 0.224 e. The number of fused-ring (bicyclic) bond motifs is 1. The van der Waals surface area contributed by atoms with E-state index in [1.165, 1.54) is 16.7 Å². The van der Waals surface area contributed by atoms with Crippen molar-refractivity contribution in [3.05, 3.63) is 83.7 Å². The number of aromatic nitrogens is 1. The van der Waals surface area contributed by atoms with E-state index in [-0.39, 0.29) is 5.91 Å². The van der Waals surface area contributed by atoms with Gasteiger partial charge in [0.2, 0.25) is 5.91 Å². The lowest BCUT2D eigenvalue weighted by Crippen LogP contribution is -2.20. The molecule has 0 bridgehead atoms. The van der Waals surface area contributed by atoms with E-state index < -0.39 is 0 Å². The first-order valence-corrected chi connectivity index (χ1v) is 8.20. The highest BCUT2D eigenvalue weighted by molar-refractivity contribution is 5.99. The zero-order valence-electron chi connectivity index (χ0n) is 13.3. The Kier molecular flexibility index (Phi) is 3.83. The maximum atomic E-state index is 12.0. The zero-order chi connectivity index (χ0) is 16.4. The van der Waals surface area contributed by atoms with E-state index in [0.29, 0.717) is 6.42 Å². The van der Waals surface area contributed by atoms with Crippen molar-refractivity contribution in [2.45, 2.75) is 19.3 Å². The summed E-state index contributed by atoms with van der Waals surface area (Å²) in [6.45, 7) is 0. The van der Waals surface area contributed by atoms with Gasteiger partial charge in [0, 0.05) is 29.9 Å². The Morgan fingerprint density at radius 2 is 1.83 bits per heavy atom. The van der Waals surface area contributed by atoms with Crippen LogP contribution in [0.25, 0.3) is 11.1 Å². The Balaban J connectivity index is 1.87. The molecule has 2 aromatic carbocycles. The van der Waals surface area contributed by atoms with Crippen LogP contribution in [-0.2, 0) is 17.6 Å². The van der Waals surface area contributed by atoms with Crippen LogP contribution >= 0.6 is 0 Å². The molecule has 24 heavy (non-hydrogen) atoms. The van der Waals surface area contributed by atoms with Crippen LogP contribution in [0.5, 0.6) is 0 Å². The smallest absolute Gasteiger partial charge is 0.224 e. The molecule has 1 N–H and O–H groups in total. The molecule has 1 amide bonds. The van der Waals surface area contributed by atoms with Crippen LogP contribution in [0.15, 0.2) is 67.0 Å². The molecule has 0 saturated heterocycles. The molecule has 2 heterocycles. The molecule has 0 saturated carbocycles. The second-order valence-electron chi connectivity index (χ2n) is 6.09. The lowest BCUT2D eigenvalue weighted by molar-refractivity contribution is -0.116. The molecule has 1 aromatic heterocycles. The minimum absolute atomic E-state index is 0.0875. The molecule has 3 aromatic rings. The van der Waals surface area contributed by atoms with Crippen molar-refractivity contribution in [2.24, 2.45) is 0 Å². The van der Waals surface area contributed by atoms with Gasteiger partial charge < -0.3 is 5.32 Å². The summed E-state index contributed by atoms with van der Waals surface area (Å²) in [5.41, 5.74) is 6.75. The number of nitrogens with one attached hydrogen (secondary N) is 1. The predicted octanol–water partition coefficient (Wildman–Crippen LogP) is 4.22. The molecular formula is C21H18N2O. The minimum Gasteiger partial charge on any atom is -0.325 e. The number of nitrogens with zero attached hydrogens (tertiary/aromatic N) is 1. The zero-order valence-corrected chi connectivity index (χ0v) is 13.3. The van der Waals surface area contributed by atoms with Gasteiger partial charge in [-0.15, -0.1) is 0 Å². The molecule has 1 aliphatic heterocycles. The van der Waals surface area contributed by atoms with Gasteiger partial charge in [0.25, 0.3) is 0 Å². The van der Waals surface area contributed by atoms with E-state index in [2.05, 4.69) is 52.8 Å². The molecule has 1 aliphatic rings. The van der Waals surface area contributed by atoms with Crippen molar-refractivity contribution in [3.63, 3.8) is 0 Å². The summed E-state index contributed by atoms with van der Waals surface area (Å²) < 4.78 is 0. The summed E-state index contributed by atoms with van der Waals surface area (Å²) in [4.78, 5) is 16.2. The first kappa shape index (κ1) is 14.6. The van der Waals surface area contributed by atoms with Crippen LogP contribution in [0.3, 0.4) is 0 Å². The highest BCUT2D eigenvalue weighted by Crippen LogP contribution is 2.37. The SMILES string of the molecule is O=C1CCc2ccc(Cc3ccccc3)c(-c3cccnc3)c2N1. The number of carbonyl (C=O) groups excluding carboxylic acids is 1. The van der Waals surface area contributed by atoms with Crippen LogP contribution in [0, 0.1) is 0 Å². The summed E-state index contributed by atoms with van der Waals surface area (Å²) in [7, 11) is 0. The summed E-state index contributed by atoms with van der Waals surface area (Å²) >= 11 is 0. The van der Waals surface area contributed by atoms with E-state index in [9.17, 15) is 4.79 Å². The second-order valence-corrected chi connectivity index (χ2v) is 6.09. The van der Waals surface area contributed by atoms with Gasteiger partial charge in [0.15, 0.2) is 0 Å². The van der Waals surface area contributed by atoms with Gasteiger partial charge in [0.05, 0.1) is 5.69 Å². The number of pyridine rings is 1. The summed E-state index contributed by atoms with van der Waals surface area (Å²) in [5.74, 6) is 0.0875. The fourth-order valence-electron chi connectivity index (χ4n) is 3.29. The van der Waals surface area contributed by atoms with E-state index >= 15 is 0 Å². The number of hydrogen-bond donors (Lipinski definition) is 1. The van der Waals surface area contributed by atoms with E-state index in [0.717, 1.165) is 29.7 Å². The Hall–Kier alpha value is -2.94. The third-order valence-corrected chi connectivity index (χ3v) is 4.45. The van der Waals surface area contributed by atoms with E-state index in [1.54, 1.807) is 6.20 Å². The summed E-state index contributed by atoms with van der Waals surface area (Å²) in [5, 5.41) is 3.09. The van der Waals surface area contributed by atoms with Crippen LogP contribution in [0.4, 0.5) is 5.69 Å². The highest BCUT2D eigenvalue weighted by Gasteiger charge is 2.21. The normalized spacial score (nSPS) is 13.2. The molecule has 0 aliphatic carbocycles. The molecule has 0 unspecified atom stereocenters. The molecule has 0 fully saturated rings. The number of hydrogen-bond acceptors (Lipinski definition) is 2. The number of carbonyl (C=O) groups is 1. The predicted molar refractivity (Wildman–Crippen MR) is 95.9 cm³/mol. The summed E-state index contributed by atoms with van der Waals surface area (Å²) in [6, 6.07) is 18.7. The van der Waals surface area contributed by atoms with Crippen LogP contribution in [0.1, 0.15) is 23.1 Å². The quantitative estimate of drug-likeness (QED) is 0.786. The second kappa shape index (κ2) is 6.28. The van der Waals surface area contributed by atoms with E-state index in [4.69, 9.17) is 0 Å².